The number of ether oxygens (including phenoxy) is 2. The van der Waals surface area contributed by atoms with E-state index < -0.39 is 0 Å². The first-order chi connectivity index (χ1) is 6.62. The van der Waals surface area contributed by atoms with E-state index in [-0.39, 0.29) is 5.79 Å². The van der Waals surface area contributed by atoms with Crippen molar-refractivity contribution >= 4 is 0 Å². The SMILES string of the molecule is C[C@@H]1C[C@@H](C)OC2(CCNC[C@H]2C)O1. The van der Waals surface area contributed by atoms with E-state index in [2.05, 4.69) is 26.1 Å². The zero-order valence-corrected chi connectivity index (χ0v) is 9.38. The van der Waals surface area contributed by atoms with Crippen LogP contribution < -0.4 is 5.32 Å². The lowest BCUT2D eigenvalue weighted by atomic mass is 9.91. The highest BCUT2D eigenvalue weighted by atomic mass is 16.7. The van der Waals surface area contributed by atoms with Crippen LogP contribution in [0.3, 0.4) is 0 Å². The predicted molar refractivity (Wildman–Crippen MR) is 55.1 cm³/mol. The molecule has 3 nitrogen and oxygen atoms in total. The van der Waals surface area contributed by atoms with Gasteiger partial charge in [-0.05, 0) is 20.3 Å². The Morgan fingerprint density at radius 1 is 1.14 bits per heavy atom. The summed E-state index contributed by atoms with van der Waals surface area (Å²) < 4.78 is 12.1. The van der Waals surface area contributed by atoms with Gasteiger partial charge < -0.3 is 14.8 Å². The minimum absolute atomic E-state index is 0.303. The van der Waals surface area contributed by atoms with Crippen LogP contribution in [0.25, 0.3) is 0 Å². The monoisotopic (exact) mass is 199 g/mol. The summed E-state index contributed by atoms with van der Waals surface area (Å²) in [6, 6.07) is 0. The maximum atomic E-state index is 6.04. The van der Waals surface area contributed by atoms with Crippen molar-refractivity contribution in [1.29, 1.82) is 0 Å². The molecule has 2 fully saturated rings. The summed E-state index contributed by atoms with van der Waals surface area (Å²) in [7, 11) is 0. The smallest absolute Gasteiger partial charge is 0.173 e. The molecule has 1 spiro atoms. The molecule has 0 amide bonds. The Bertz CT molecular complexity index is 197. The van der Waals surface area contributed by atoms with E-state index in [9.17, 15) is 0 Å². The third kappa shape index (κ3) is 1.81. The molecule has 2 saturated heterocycles. The Morgan fingerprint density at radius 2 is 1.79 bits per heavy atom. The second kappa shape index (κ2) is 3.80. The zero-order valence-electron chi connectivity index (χ0n) is 9.38. The topological polar surface area (TPSA) is 30.5 Å². The summed E-state index contributed by atoms with van der Waals surface area (Å²) in [6.07, 6.45) is 2.66. The first-order valence-corrected chi connectivity index (χ1v) is 5.69. The van der Waals surface area contributed by atoms with Crippen molar-refractivity contribution in [2.45, 2.75) is 51.6 Å². The maximum Gasteiger partial charge on any atom is 0.173 e. The van der Waals surface area contributed by atoms with Gasteiger partial charge in [-0.2, -0.15) is 0 Å². The average molecular weight is 199 g/mol. The lowest BCUT2D eigenvalue weighted by molar-refractivity contribution is -0.339. The van der Waals surface area contributed by atoms with Crippen LogP contribution in [0.5, 0.6) is 0 Å². The van der Waals surface area contributed by atoms with Crippen LogP contribution in [0.4, 0.5) is 0 Å². The van der Waals surface area contributed by atoms with E-state index in [1.807, 2.05) is 0 Å². The standard InChI is InChI=1S/C11H21NO2/c1-8-7-12-5-4-11(8)13-9(2)6-10(3)14-11/h8-10,12H,4-7H2,1-3H3/t8-,9-,10-/m1/s1. The second-order valence-electron chi connectivity index (χ2n) is 4.76. The van der Waals surface area contributed by atoms with Gasteiger partial charge in [-0.15, -0.1) is 0 Å². The summed E-state index contributed by atoms with van der Waals surface area (Å²) in [4.78, 5) is 0. The fourth-order valence-electron chi connectivity index (χ4n) is 2.61. The third-order valence-electron chi connectivity index (χ3n) is 3.32. The molecule has 2 heterocycles. The van der Waals surface area contributed by atoms with Crippen molar-refractivity contribution < 1.29 is 9.47 Å². The molecule has 0 aromatic rings. The molecule has 0 aromatic heterocycles. The first-order valence-electron chi connectivity index (χ1n) is 5.69. The Kier molecular flexibility index (Phi) is 2.82. The number of nitrogens with one attached hydrogen (secondary N) is 1. The van der Waals surface area contributed by atoms with E-state index in [1.165, 1.54) is 0 Å². The molecular formula is C11H21NO2. The molecule has 0 unspecified atom stereocenters. The molecule has 2 aliphatic rings. The lowest BCUT2D eigenvalue weighted by Crippen LogP contribution is -2.57. The normalized spacial score (nSPS) is 49.5. The summed E-state index contributed by atoms with van der Waals surface area (Å²) >= 11 is 0. The molecule has 2 aliphatic heterocycles. The molecule has 0 aromatic carbocycles. The Morgan fingerprint density at radius 3 is 2.36 bits per heavy atom. The molecule has 1 N–H and O–H groups in total. The molecule has 0 radical (unpaired) electrons. The van der Waals surface area contributed by atoms with Crippen LogP contribution in [-0.2, 0) is 9.47 Å². The Labute approximate surface area is 86.2 Å². The average Bonchev–Trinajstić information content (AvgIpc) is 2.08. The van der Waals surface area contributed by atoms with E-state index >= 15 is 0 Å². The highest BCUT2D eigenvalue weighted by molar-refractivity contribution is 4.88. The van der Waals surface area contributed by atoms with Gasteiger partial charge in [0.15, 0.2) is 5.79 Å². The van der Waals surface area contributed by atoms with E-state index in [0.29, 0.717) is 18.1 Å². The largest absolute Gasteiger partial charge is 0.346 e. The van der Waals surface area contributed by atoms with Crippen molar-refractivity contribution in [1.82, 2.24) is 5.32 Å². The molecule has 3 heteroatoms. The van der Waals surface area contributed by atoms with E-state index in [0.717, 1.165) is 25.9 Å². The second-order valence-corrected chi connectivity index (χ2v) is 4.76. The number of rotatable bonds is 0. The summed E-state index contributed by atoms with van der Waals surface area (Å²) in [5.41, 5.74) is 0. The summed E-state index contributed by atoms with van der Waals surface area (Å²) in [5.74, 6) is 0.143. The van der Waals surface area contributed by atoms with Gasteiger partial charge in [-0.3, -0.25) is 0 Å². The van der Waals surface area contributed by atoms with E-state index in [4.69, 9.17) is 9.47 Å². The van der Waals surface area contributed by atoms with Crippen LogP contribution in [0.15, 0.2) is 0 Å². The molecule has 3 atom stereocenters. The van der Waals surface area contributed by atoms with Gasteiger partial charge >= 0.3 is 0 Å². The molecule has 82 valence electrons. The van der Waals surface area contributed by atoms with Crippen LogP contribution >= 0.6 is 0 Å². The zero-order chi connectivity index (χ0) is 10.2. The first kappa shape index (κ1) is 10.4. The van der Waals surface area contributed by atoms with Crippen molar-refractivity contribution in [3.8, 4) is 0 Å². The van der Waals surface area contributed by atoms with Gasteiger partial charge in [0.1, 0.15) is 0 Å². The quantitative estimate of drug-likeness (QED) is 0.641. The van der Waals surface area contributed by atoms with Gasteiger partial charge in [-0.25, -0.2) is 0 Å². The summed E-state index contributed by atoms with van der Waals surface area (Å²) in [6.45, 7) is 8.51. The number of piperidine rings is 1. The lowest BCUT2D eigenvalue weighted by Gasteiger charge is -2.48. The van der Waals surface area contributed by atoms with Crippen molar-refractivity contribution in [2.24, 2.45) is 5.92 Å². The van der Waals surface area contributed by atoms with Gasteiger partial charge in [0.05, 0.1) is 12.2 Å². The minimum atomic E-state index is -0.303. The predicted octanol–water partition coefficient (Wildman–Crippen LogP) is 1.53. The Balaban J connectivity index is 2.11. The molecule has 14 heavy (non-hydrogen) atoms. The Hall–Kier alpha value is -0.120. The van der Waals surface area contributed by atoms with Crippen LogP contribution in [-0.4, -0.2) is 31.1 Å². The van der Waals surface area contributed by atoms with Crippen LogP contribution in [0.1, 0.15) is 33.6 Å². The van der Waals surface area contributed by atoms with Gasteiger partial charge in [0.2, 0.25) is 0 Å². The van der Waals surface area contributed by atoms with Gasteiger partial charge in [0.25, 0.3) is 0 Å². The van der Waals surface area contributed by atoms with Crippen LogP contribution in [0.2, 0.25) is 0 Å². The highest BCUT2D eigenvalue weighted by Gasteiger charge is 2.45. The van der Waals surface area contributed by atoms with Crippen molar-refractivity contribution in [3.63, 3.8) is 0 Å². The number of hydrogen-bond donors (Lipinski definition) is 1. The molecular weight excluding hydrogens is 178 g/mol. The number of hydrogen-bond acceptors (Lipinski definition) is 3. The fraction of sp³-hybridized carbons (Fsp3) is 1.00. The van der Waals surface area contributed by atoms with Gasteiger partial charge in [0, 0.05) is 25.4 Å². The van der Waals surface area contributed by atoms with Crippen molar-refractivity contribution in [2.75, 3.05) is 13.1 Å². The van der Waals surface area contributed by atoms with Crippen LogP contribution in [0, 0.1) is 5.92 Å². The third-order valence-corrected chi connectivity index (χ3v) is 3.32. The van der Waals surface area contributed by atoms with Crippen molar-refractivity contribution in [3.05, 3.63) is 0 Å². The molecule has 0 aliphatic carbocycles. The fourth-order valence-corrected chi connectivity index (χ4v) is 2.61. The molecule has 0 saturated carbocycles. The molecule has 2 rings (SSSR count). The minimum Gasteiger partial charge on any atom is -0.346 e. The highest BCUT2D eigenvalue weighted by Crippen LogP contribution is 2.37. The molecule has 0 bridgehead atoms. The summed E-state index contributed by atoms with van der Waals surface area (Å²) in [5, 5.41) is 3.38. The van der Waals surface area contributed by atoms with Gasteiger partial charge in [-0.1, -0.05) is 6.92 Å². The van der Waals surface area contributed by atoms with E-state index in [1.54, 1.807) is 0 Å². The maximum absolute atomic E-state index is 6.04.